The first kappa shape index (κ1) is 15.9. The van der Waals surface area contributed by atoms with Crippen LogP contribution in [0, 0.1) is 0 Å². The van der Waals surface area contributed by atoms with Crippen molar-refractivity contribution in [2.75, 3.05) is 26.1 Å². The second kappa shape index (κ2) is 6.98. The van der Waals surface area contributed by atoms with E-state index in [4.69, 9.17) is 4.74 Å². The van der Waals surface area contributed by atoms with E-state index in [-0.39, 0.29) is 11.3 Å². The average Bonchev–Trinajstić information content (AvgIpc) is 2.52. The fraction of sp³-hybridized carbons (Fsp3) is 0.278. The number of hydrogen-bond donors (Lipinski definition) is 1. The quantitative estimate of drug-likeness (QED) is 0.862. The van der Waals surface area contributed by atoms with E-state index in [1.807, 2.05) is 37.2 Å². The smallest absolute Gasteiger partial charge is 0.341 e. The van der Waals surface area contributed by atoms with Gasteiger partial charge in [-0.3, -0.25) is 0 Å². The first-order valence-corrected chi connectivity index (χ1v) is 7.18. The summed E-state index contributed by atoms with van der Waals surface area (Å²) in [5.74, 6) is -0.573. The van der Waals surface area contributed by atoms with Gasteiger partial charge in [0.05, 0.1) is 7.11 Å². The molecule has 0 fully saturated rings. The van der Waals surface area contributed by atoms with Gasteiger partial charge >= 0.3 is 5.97 Å². The van der Waals surface area contributed by atoms with Crippen LogP contribution >= 0.6 is 0 Å². The largest absolute Gasteiger partial charge is 0.507 e. The lowest BCUT2D eigenvalue weighted by molar-refractivity contribution is 0.0597. The van der Waals surface area contributed by atoms with Crippen molar-refractivity contribution in [1.29, 1.82) is 0 Å². The first-order valence-electron chi connectivity index (χ1n) is 7.18. The summed E-state index contributed by atoms with van der Waals surface area (Å²) in [6.45, 7) is 0. The van der Waals surface area contributed by atoms with Gasteiger partial charge in [0.25, 0.3) is 0 Å². The number of aromatic hydroxyl groups is 1. The normalized spacial score (nSPS) is 10.3. The highest BCUT2D eigenvalue weighted by atomic mass is 16.5. The first-order chi connectivity index (χ1) is 10.5. The second-order valence-corrected chi connectivity index (χ2v) is 5.37. The molecular weight excluding hydrogens is 278 g/mol. The third kappa shape index (κ3) is 3.58. The van der Waals surface area contributed by atoms with E-state index >= 15 is 0 Å². The standard InChI is InChI=1S/C18H21NO3/c1-19(2)16-12-15(18(21)22-3)17(20)11-14(16)10-9-13-7-5-4-6-8-13/h4-8,11-12,20H,9-10H2,1-3H3. The molecule has 4 heteroatoms. The molecule has 0 saturated carbocycles. The number of nitrogens with zero attached hydrogens (tertiary/aromatic N) is 1. The van der Waals surface area contributed by atoms with Crippen molar-refractivity contribution in [2.24, 2.45) is 0 Å². The van der Waals surface area contributed by atoms with Crippen molar-refractivity contribution in [2.45, 2.75) is 12.8 Å². The van der Waals surface area contributed by atoms with Crippen LogP contribution in [-0.4, -0.2) is 32.3 Å². The third-order valence-electron chi connectivity index (χ3n) is 3.61. The Hall–Kier alpha value is -2.49. The molecular formula is C18H21NO3. The number of phenols is 1. The highest BCUT2D eigenvalue weighted by Crippen LogP contribution is 2.29. The van der Waals surface area contributed by atoms with Gasteiger partial charge in [-0.2, -0.15) is 0 Å². The van der Waals surface area contributed by atoms with Gasteiger partial charge in [-0.15, -0.1) is 0 Å². The molecule has 0 aliphatic heterocycles. The number of aryl methyl sites for hydroxylation is 2. The minimum Gasteiger partial charge on any atom is -0.507 e. The van der Waals surface area contributed by atoms with E-state index in [1.54, 1.807) is 12.1 Å². The molecule has 0 aliphatic carbocycles. The Labute approximate surface area is 131 Å². The van der Waals surface area contributed by atoms with Crippen LogP contribution in [0.5, 0.6) is 5.75 Å². The maximum absolute atomic E-state index is 11.7. The number of carbonyl (C=O) groups is 1. The van der Waals surface area contributed by atoms with Crippen LogP contribution in [0.3, 0.4) is 0 Å². The topological polar surface area (TPSA) is 49.8 Å². The molecule has 2 aromatic carbocycles. The number of carbonyl (C=O) groups excluding carboxylic acids is 1. The number of hydrogen-bond acceptors (Lipinski definition) is 4. The van der Waals surface area contributed by atoms with Crippen LogP contribution in [0.4, 0.5) is 5.69 Å². The van der Waals surface area contributed by atoms with Crippen LogP contribution in [0.25, 0.3) is 0 Å². The minimum absolute atomic E-state index is 0.0412. The molecule has 0 heterocycles. The van der Waals surface area contributed by atoms with Crippen LogP contribution in [0.15, 0.2) is 42.5 Å². The molecule has 0 unspecified atom stereocenters. The zero-order chi connectivity index (χ0) is 16.1. The molecule has 0 radical (unpaired) electrons. The van der Waals surface area contributed by atoms with E-state index < -0.39 is 5.97 Å². The lowest BCUT2D eigenvalue weighted by Gasteiger charge is -2.19. The summed E-state index contributed by atoms with van der Waals surface area (Å²) in [5, 5.41) is 10.1. The Morgan fingerprint density at radius 2 is 1.82 bits per heavy atom. The Bertz CT molecular complexity index is 651. The van der Waals surface area contributed by atoms with E-state index in [0.29, 0.717) is 0 Å². The lowest BCUT2D eigenvalue weighted by atomic mass is 10.00. The zero-order valence-corrected chi connectivity index (χ0v) is 13.2. The Kier molecular flexibility index (Phi) is 5.04. The van der Waals surface area contributed by atoms with Crippen molar-refractivity contribution < 1.29 is 14.6 Å². The molecule has 0 aliphatic rings. The van der Waals surface area contributed by atoms with Crippen LogP contribution in [0.1, 0.15) is 21.5 Å². The molecule has 0 aromatic heterocycles. The summed E-state index contributed by atoms with van der Waals surface area (Å²) < 4.78 is 4.70. The van der Waals surface area contributed by atoms with Crippen molar-refractivity contribution >= 4 is 11.7 Å². The summed E-state index contributed by atoms with van der Waals surface area (Å²) in [5.41, 5.74) is 3.34. The van der Waals surface area contributed by atoms with Gasteiger partial charge in [0, 0.05) is 19.8 Å². The molecule has 0 saturated heterocycles. The molecule has 4 nitrogen and oxygen atoms in total. The van der Waals surface area contributed by atoms with Crippen molar-refractivity contribution in [1.82, 2.24) is 0 Å². The third-order valence-corrected chi connectivity index (χ3v) is 3.61. The number of esters is 1. The van der Waals surface area contributed by atoms with Crippen LogP contribution < -0.4 is 4.90 Å². The van der Waals surface area contributed by atoms with E-state index in [9.17, 15) is 9.90 Å². The average molecular weight is 299 g/mol. The summed E-state index contributed by atoms with van der Waals surface area (Å²) in [6.07, 6.45) is 1.66. The molecule has 1 N–H and O–H groups in total. The summed E-state index contributed by atoms with van der Waals surface area (Å²) >= 11 is 0. The summed E-state index contributed by atoms with van der Waals surface area (Å²) in [4.78, 5) is 13.6. The molecule has 0 spiro atoms. The number of methoxy groups -OCH3 is 1. The number of rotatable bonds is 5. The Morgan fingerprint density at radius 1 is 1.14 bits per heavy atom. The van der Waals surface area contributed by atoms with Gasteiger partial charge in [-0.25, -0.2) is 4.79 Å². The van der Waals surface area contributed by atoms with Gasteiger partial charge in [0.1, 0.15) is 11.3 Å². The zero-order valence-electron chi connectivity index (χ0n) is 13.2. The Balaban J connectivity index is 2.30. The maximum atomic E-state index is 11.7. The highest BCUT2D eigenvalue weighted by Gasteiger charge is 2.16. The second-order valence-electron chi connectivity index (χ2n) is 5.37. The van der Waals surface area contributed by atoms with Crippen LogP contribution in [0.2, 0.25) is 0 Å². The fourth-order valence-corrected chi connectivity index (χ4v) is 2.43. The number of ether oxygens (including phenoxy) is 1. The highest BCUT2D eigenvalue weighted by molar-refractivity contribution is 5.94. The van der Waals surface area contributed by atoms with Gasteiger partial charge in [0.2, 0.25) is 0 Å². The molecule has 22 heavy (non-hydrogen) atoms. The lowest BCUT2D eigenvalue weighted by Crippen LogP contribution is -2.14. The molecule has 116 valence electrons. The molecule has 0 atom stereocenters. The number of phenolic OH excluding ortho intramolecular Hbond substituents is 1. The van der Waals surface area contributed by atoms with Gasteiger partial charge in [-0.05, 0) is 36.1 Å². The predicted molar refractivity (Wildman–Crippen MR) is 87.6 cm³/mol. The summed E-state index contributed by atoms with van der Waals surface area (Å²) in [7, 11) is 5.14. The monoisotopic (exact) mass is 299 g/mol. The van der Waals surface area contributed by atoms with E-state index in [0.717, 1.165) is 24.1 Å². The maximum Gasteiger partial charge on any atom is 0.341 e. The predicted octanol–water partition coefficient (Wildman–Crippen LogP) is 3.03. The molecule has 0 amide bonds. The van der Waals surface area contributed by atoms with E-state index in [1.165, 1.54) is 12.7 Å². The fourth-order valence-electron chi connectivity index (χ4n) is 2.43. The van der Waals surface area contributed by atoms with E-state index in [2.05, 4.69) is 12.1 Å². The molecule has 2 rings (SSSR count). The van der Waals surface area contributed by atoms with Gasteiger partial charge in [-0.1, -0.05) is 30.3 Å². The summed E-state index contributed by atoms with van der Waals surface area (Å²) in [6, 6.07) is 13.5. The van der Waals surface area contributed by atoms with Crippen LogP contribution in [-0.2, 0) is 17.6 Å². The minimum atomic E-state index is -0.532. The number of benzene rings is 2. The Morgan fingerprint density at radius 3 is 2.41 bits per heavy atom. The van der Waals surface area contributed by atoms with Gasteiger partial charge in [0.15, 0.2) is 0 Å². The van der Waals surface area contributed by atoms with Gasteiger partial charge < -0.3 is 14.7 Å². The number of anilines is 1. The molecule has 2 aromatic rings. The SMILES string of the molecule is COC(=O)c1cc(N(C)C)c(CCc2ccccc2)cc1O. The van der Waals surface area contributed by atoms with Crippen molar-refractivity contribution in [3.63, 3.8) is 0 Å². The van der Waals surface area contributed by atoms with Crippen molar-refractivity contribution in [3.05, 3.63) is 59.2 Å². The molecule has 0 bridgehead atoms. The van der Waals surface area contributed by atoms with Crippen molar-refractivity contribution in [3.8, 4) is 5.75 Å².